The Labute approximate surface area is 66.2 Å². The van der Waals surface area contributed by atoms with Gasteiger partial charge in [0.15, 0.2) is 5.79 Å². The van der Waals surface area contributed by atoms with E-state index in [2.05, 4.69) is 0 Å². The van der Waals surface area contributed by atoms with Crippen LogP contribution in [0.3, 0.4) is 0 Å². The summed E-state index contributed by atoms with van der Waals surface area (Å²) in [6.07, 6.45) is 1.86. The van der Waals surface area contributed by atoms with Crippen molar-refractivity contribution in [2.24, 2.45) is 11.5 Å². The van der Waals surface area contributed by atoms with Crippen LogP contribution in [-0.2, 0) is 0 Å². The summed E-state index contributed by atoms with van der Waals surface area (Å²) in [6.45, 7) is 0.420. The zero-order valence-electron chi connectivity index (χ0n) is 6.58. The first-order chi connectivity index (χ1) is 4.97. The summed E-state index contributed by atoms with van der Waals surface area (Å²) in [4.78, 5) is 0. The van der Waals surface area contributed by atoms with Crippen molar-refractivity contribution in [1.82, 2.24) is 0 Å². The van der Waals surface area contributed by atoms with E-state index in [-0.39, 0.29) is 5.54 Å². The summed E-state index contributed by atoms with van der Waals surface area (Å²) in [7, 11) is 0. The Hall–Kier alpha value is -0.160. The minimum Gasteiger partial charge on any atom is -0.366 e. The molecule has 11 heavy (non-hydrogen) atoms. The number of aliphatic hydroxyl groups is 2. The molecule has 0 aliphatic heterocycles. The van der Waals surface area contributed by atoms with Gasteiger partial charge in [-0.25, -0.2) is 0 Å². The molecule has 1 fully saturated rings. The van der Waals surface area contributed by atoms with Gasteiger partial charge in [-0.3, -0.25) is 0 Å². The SMILES string of the molecule is NCC1(N)CCC(O)(O)CC1. The van der Waals surface area contributed by atoms with E-state index in [0.717, 1.165) is 0 Å². The van der Waals surface area contributed by atoms with Crippen molar-refractivity contribution in [2.75, 3.05) is 6.54 Å². The molecule has 0 bridgehead atoms. The van der Waals surface area contributed by atoms with Crippen molar-refractivity contribution in [2.45, 2.75) is 37.0 Å². The van der Waals surface area contributed by atoms with Crippen LogP contribution in [-0.4, -0.2) is 28.1 Å². The second-order valence-corrected chi connectivity index (χ2v) is 3.55. The molecule has 0 spiro atoms. The predicted octanol–water partition coefficient (Wildman–Crippen LogP) is -1.10. The maximum Gasteiger partial charge on any atom is 0.162 e. The Balaban J connectivity index is 2.48. The van der Waals surface area contributed by atoms with Gasteiger partial charge in [0, 0.05) is 24.9 Å². The average Bonchev–Trinajstić information content (AvgIpc) is 1.97. The normalized spacial score (nSPS) is 28.4. The molecule has 1 aliphatic rings. The first kappa shape index (κ1) is 8.93. The third-order valence-corrected chi connectivity index (χ3v) is 2.45. The van der Waals surface area contributed by atoms with Gasteiger partial charge in [0.2, 0.25) is 0 Å². The molecular weight excluding hydrogens is 144 g/mol. The highest BCUT2D eigenvalue weighted by Crippen LogP contribution is 2.30. The molecule has 0 aromatic rings. The van der Waals surface area contributed by atoms with Crippen LogP contribution in [0.15, 0.2) is 0 Å². The highest BCUT2D eigenvalue weighted by Gasteiger charge is 2.37. The summed E-state index contributed by atoms with van der Waals surface area (Å²) >= 11 is 0. The molecule has 0 atom stereocenters. The maximum atomic E-state index is 9.16. The molecule has 66 valence electrons. The largest absolute Gasteiger partial charge is 0.366 e. The van der Waals surface area contributed by atoms with Gasteiger partial charge in [0.05, 0.1) is 0 Å². The van der Waals surface area contributed by atoms with Crippen LogP contribution >= 0.6 is 0 Å². The fourth-order valence-electron chi connectivity index (χ4n) is 1.35. The summed E-state index contributed by atoms with van der Waals surface area (Å²) < 4.78 is 0. The fourth-order valence-corrected chi connectivity index (χ4v) is 1.35. The number of nitrogens with two attached hydrogens (primary N) is 2. The first-order valence-corrected chi connectivity index (χ1v) is 3.91. The quantitative estimate of drug-likeness (QED) is 0.366. The smallest absolute Gasteiger partial charge is 0.162 e. The van der Waals surface area contributed by atoms with E-state index >= 15 is 0 Å². The van der Waals surface area contributed by atoms with Gasteiger partial charge in [-0.05, 0) is 12.8 Å². The van der Waals surface area contributed by atoms with Crippen LogP contribution in [0, 0.1) is 0 Å². The van der Waals surface area contributed by atoms with Gasteiger partial charge in [-0.2, -0.15) is 0 Å². The topological polar surface area (TPSA) is 92.5 Å². The molecule has 0 aromatic carbocycles. The van der Waals surface area contributed by atoms with Crippen molar-refractivity contribution >= 4 is 0 Å². The van der Waals surface area contributed by atoms with E-state index < -0.39 is 5.79 Å². The zero-order chi connectivity index (χ0) is 8.54. The van der Waals surface area contributed by atoms with Crippen molar-refractivity contribution < 1.29 is 10.2 Å². The van der Waals surface area contributed by atoms with Gasteiger partial charge in [0.1, 0.15) is 0 Å². The summed E-state index contributed by atoms with van der Waals surface area (Å²) in [6, 6.07) is 0. The minimum atomic E-state index is -1.50. The average molecular weight is 160 g/mol. The highest BCUT2D eigenvalue weighted by molar-refractivity contribution is 4.92. The van der Waals surface area contributed by atoms with Gasteiger partial charge in [0.25, 0.3) is 0 Å². The molecule has 1 rings (SSSR count). The number of hydrogen-bond donors (Lipinski definition) is 4. The van der Waals surface area contributed by atoms with Crippen molar-refractivity contribution in [1.29, 1.82) is 0 Å². The third-order valence-electron chi connectivity index (χ3n) is 2.45. The van der Waals surface area contributed by atoms with Crippen LogP contribution < -0.4 is 11.5 Å². The Morgan fingerprint density at radius 1 is 1.09 bits per heavy atom. The molecule has 1 aliphatic carbocycles. The molecule has 0 unspecified atom stereocenters. The molecule has 0 radical (unpaired) electrons. The molecule has 4 nitrogen and oxygen atoms in total. The Bertz CT molecular complexity index is 137. The van der Waals surface area contributed by atoms with E-state index in [1.54, 1.807) is 0 Å². The highest BCUT2D eigenvalue weighted by atomic mass is 16.5. The number of rotatable bonds is 1. The minimum absolute atomic E-state index is 0.334. The van der Waals surface area contributed by atoms with Crippen LogP contribution in [0.5, 0.6) is 0 Å². The molecule has 6 N–H and O–H groups in total. The number of hydrogen-bond acceptors (Lipinski definition) is 4. The van der Waals surface area contributed by atoms with Crippen molar-refractivity contribution in [3.63, 3.8) is 0 Å². The second-order valence-electron chi connectivity index (χ2n) is 3.55. The van der Waals surface area contributed by atoms with Crippen LogP contribution in [0.1, 0.15) is 25.7 Å². The van der Waals surface area contributed by atoms with E-state index in [4.69, 9.17) is 21.7 Å². The van der Waals surface area contributed by atoms with E-state index in [0.29, 0.717) is 32.2 Å². The standard InChI is InChI=1S/C7H16N2O2/c8-5-6(9)1-3-7(10,11)4-2-6/h10-11H,1-5,8-9H2. The summed E-state index contributed by atoms with van der Waals surface area (Å²) in [5, 5.41) is 18.3. The molecule has 0 heterocycles. The molecular formula is C7H16N2O2. The Morgan fingerprint density at radius 2 is 1.55 bits per heavy atom. The van der Waals surface area contributed by atoms with Gasteiger partial charge in [-0.15, -0.1) is 0 Å². The van der Waals surface area contributed by atoms with E-state index in [9.17, 15) is 0 Å². The van der Waals surface area contributed by atoms with E-state index in [1.165, 1.54) is 0 Å². The zero-order valence-corrected chi connectivity index (χ0v) is 6.58. The summed E-state index contributed by atoms with van der Waals surface area (Å²) in [5.41, 5.74) is 10.9. The van der Waals surface area contributed by atoms with Crippen LogP contribution in [0.2, 0.25) is 0 Å². The lowest BCUT2D eigenvalue weighted by molar-refractivity contribution is -0.187. The van der Waals surface area contributed by atoms with Gasteiger partial charge < -0.3 is 21.7 Å². The van der Waals surface area contributed by atoms with Crippen molar-refractivity contribution in [3.05, 3.63) is 0 Å². The van der Waals surface area contributed by atoms with Crippen LogP contribution in [0.25, 0.3) is 0 Å². The predicted molar refractivity (Wildman–Crippen MR) is 41.6 cm³/mol. The molecule has 1 saturated carbocycles. The lowest BCUT2D eigenvalue weighted by Crippen LogP contribution is -2.53. The Kier molecular flexibility index (Phi) is 2.20. The van der Waals surface area contributed by atoms with Gasteiger partial charge in [-0.1, -0.05) is 0 Å². The second kappa shape index (κ2) is 2.71. The third kappa shape index (κ3) is 2.13. The van der Waals surface area contributed by atoms with Crippen molar-refractivity contribution in [3.8, 4) is 0 Å². The Morgan fingerprint density at radius 3 is 1.91 bits per heavy atom. The molecule has 4 heteroatoms. The van der Waals surface area contributed by atoms with Gasteiger partial charge >= 0.3 is 0 Å². The molecule has 0 amide bonds. The lowest BCUT2D eigenvalue weighted by atomic mass is 9.80. The maximum absolute atomic E-state index is 9.16. The fraction of sp³-hybridized carbons (Fsp3) is 1.00. The molecule has 0 aromatic heterocycles. The lowest BCUT2D eigenvalue weighted by Gasteiger charge is -2.38. The molecule has 0 saturated heterocycles. The monoisotopic (exact) mass is 160 g/mol. The summed E-state index contributed by atoms with van der Waals surface area (Å²) in [5.74, 6) is -1.50. The van der Waals surface area contributed by atoms with Crippen LogP contribution in [0.4, 0.5) is 0 Å². The van der Waals surface area contributed by atoms with E-state index in [1.807, 2.05) is 0 Å². The first-order valence-electron chi connectivity index (χ1n) is 3.91.